The lowest BCUT2D eigenvalue weighted by atomic mass is 10.00. The van der Waals surface area contributed by atoms with Crippen molar-refractivity contribution in [1.29, 1.82) is 0 Å². The lowest BCUT2D eigenvalue weighted by molar-refractivity contribution is -0.684. The van der Waals surface area contributed by atoms with Gasteiger partial charge in [0.25, 0.3) is 11.8 Å². The minimum Gasteiger partial charge on any atom is -0.448 e. The van der Waals surface area contributed by atoms with Crippen molar-refractivity contribution < 1.29 is 38.0 Å². The zero-order chi connectivity index (χ0) is 40.3. The maximum atomic E-state index is 14.4. The molecule has 3 aliphatic heterocycles. The number of fused-ring (bicyclic) bond motifs is 1. The number of pyridine rings is 1. The number of esters is 1. The third kappa shape index (κ3) is 9.24. The van der Waals surface area contributed by atoms with Crippen LogP contribution in [-0.2, 0) is 41.7 Å². The summed E-state index contributed by atoms with van der Waals surface area (Å²) >= 11 is 2.67. The summed E-state index contributed by atoms with van der Waals surface area (Å²) in [5.41, 5.74) is 2.55. The molecule has 7 rings (SSSR count). The molecule has 2 atom stereocenters. The average Bonchev–Trinajstić information content (AvgIpc) is 3.75. The van der Waals surface area contributed by atoms with Gasteiger partial charge in [0.15, 0.2) is 18.5 Å². The molecule has 2 aromatic carbocycles. The van der Waals surface area contributed by atoms with Crippen molar-refractivity contribution in [3.05, 3.63) is 130 Å². The van der Waals surface area contributed by atoms with Gasteiger partial charge in [0.1, 0.15) is 27.7 Å². The summed E-state index contributed by atoms with van der Waals surface area (Å²) in [5, 5.41) is 13.9. The highest BCUT2D eigenvalue weighted by Gasteiger charge is 2.55. The first-order valence-electron chi connectivity index (χ1n) is 18.4. The molecule has 2 unspecified atom stereocenters. The SMILES string of the molecule is Cc1nnc(NC(=O)C[n+]2cccc(CN3CCC(=CC4=C(C(=O)OC(c5ccccc5)c5ccccc5)N5C(=O)C(NC(=O)OC(C)(C)C)C5SC4)C3=O)c2)s1. The fourth-order valence-corrected chi connectivity index (χ4v) is 8.66. The van der Waals surface area contributed by atoms with E-state index in [1.807, 2.05) is 85.9 Å². The Morgan fingerprint density at radius 1 is 1.00 bits per heavy atom. The fraction of sp³-hybridized carbons (Fsp3) is 0.317. The van der Waals surface area contributed by atoms with Crippen LogP contribution in [-0.4, -0.2) is 79.1 Å². The van der Waals surface area contributed by atoms with E-state index in [0.29, 0.717) is 35.8 Å². The van der Waals surface area contributed by atoms with Crippen molar-refractivity contribution in [3.63, 3.8) is 0 Å². The molecule has 4 amide bonds. The molecular formula is C41H42N7O7S2+. The molecule has 57 heavy (non-hydrogen) atoms. The van der Waals surface area contributed by atoms with Gasteiger partial charge < -0.3 is 19.7 Å². The smallest absolute Gasteiger partial charge is 0.408 e. The molecule has 0 spiro atoms. The van der Waals surface area contributed by atoms with Gasteiger partial charge in [0.05, 0.1) is 6.54 Å². The van der Waals surface area contributed by atoms with E-state index in [0.717, 1.165) is 21.7 Å². The van der Waals surface area contributed by atoms with E-state index in [9.17, 15) is 24.0 Å². The van der Waals surface area contributed by atoms with Gasteiger partial charge in [0.2, 0.25) is 17.6 Å². The van der Waals surface area contributed by atoms with Crippen LogP contribution >= 0.6 is 23.1 Å². The maximum Gasteiger partial charge on any atom is 0.408 e. The molecular weight excluding hydrogens is 767 g/mol. The van der Waals surface area contributed by atoms with Crippen molar-refractivity contribution in [1.82, 2.24) is 25.3 Å². The Kier molecular flexibility index (Phi) is 11.5. The number of nitrogens with one attached hydrogen (secondary N) is 2. The minimum absolute atomic E-state index is 0.0349. The molecule has 16 heteroatoms. The molecule has 3 aliphatic rings. The van der Waals surface area contributed by atoms with Gasteiger partial charge in [-0.1, -0.05) is 72.0 Å². The normalized spacial score (nSPS) is 18.7. The van der Waals surface area contributed by atoms with Crippen molar-refractivity contribution in [2.45, 2.75) is 70.3 Å². The summed E-state index contributed by atoms with van der Waals surface area (Å²) in [5.74, 6) is -1.39. The molecule has 2 N–H and O–H groups in total. The zero-order valence-electron chi connectivity index (χ0n) is 31.8. The van der Waals surface area contributed by atoms with Crippen LogP contribution in [0.2, 0.25) is 0 Å². The number of likely N-dealkylation sites (tertiary alicyclic amines) is 1. The summed E-state index contributed by atoms with van der Waals surface area (Å²) < 4.78 is 13.4. The Labute approximate surface area is 337 Å². The molecule has 0 aliphatic carbocycles. The van der Waals surface area contributed by atoms with E-state index in [-0.39, 0.29) is 29.8 Å². The van der Waals surface area contributed by atoms with Crippen LogP contribution in [0.4, 0.5) is 9.93 Å². The number of nitrogens with zero attached hydrogens (tertiary/aromatic N) is 5. The average molecular weight is 809 g/mol. The lowest BCUT2D eigenvalue weighted by Gasteiger charge is -2.49. The number of alkyl carbamates (subject to hydrolysis) is 1. The van der Waals surface area contributed by atoms with Crippen molar-refractivity contribution in [3.8, 4) is 0 Å². The third-order valence-corrected chi connectivity index (χ3v) is 11.3. The minimum atomic E-state index is -0.919. The highest BCUT2D eigenvalue weighted by atomic mass is 32.2. The predicted molar refractivity (Wildman–Crippen MR) is 212 cm³/mol. The van der Waals surface area contributed by atoms with E-state index in [4.69, 9.17) is 9.47 Å². The van der Waals surface area contributed by atoms with E-state index >= 15 is 0 Å². The standard InChI is InChI=1S/C41H41N7O7S2/c1-25-44-45-39(57-25)42-31(49)23-46-18-11-12-26(21-46)22-47-19-17-29(35(47)50)20-30-24-56-37-32(43-40(53)55-41(2,3)4)36(51)48(37)33(30)38(52)54-34(27-13-7-5-8-14-27)28-15-9-6-10-16-28/h5-16,18,20-21,32,34,37H,17,19,22-24H2,1-4H3,(H-,42,43,45,49,53)/p+1. The van der Waals surface area contributed by atoms with Crippen molar-refractivity contribution in [2.75, 3.05) is 17.6 Å². The number of hydrogen-bond acceptors (Lipinski definition) is 11. The number of amides is 4. The molecule has 0 radical (unpaired) electrons. The van der Waals surface area contributed by atoms with E-state index in [1.165, 1.54) is 28.0 Å². The van der Waals surface area contributed by atoms with Crippen LogP contribution in [0.25, 0.3) is 0 Å². The number of benzene rings is 2. The van der Waals surface area contributed by atoms with Crippen LogP contribution < -0.4 is 15.2 Å². The second kappa shape index (κ2) is 16.7. The fourth-order valence-electron chi connectivity index (χ4n) is 6.75. The summed E-state index contributed by atoms with van der Waals surface area (Å²) in [7, 11) is 0. The largest absolute Gasteiger partial charge is 0.448 e. The highest BCUT2D eigenvalue weighted by molar-refractivity contribution is 8.00. The molecule has 0 saturated carbocycles. The number of aromatic nitrogens is 3. The summed E-state index contributed by atoms with van der Waals surface area (Å²) in [4.78, 5) is 70.5. The summed E-state index contributed by atoms with van der Waals surface area (Å²) in [6.45, 7) is 7.80. The Hall–Kier alpha value is -5.87. The Morgan fingerprint density at radius 2 is 1.70 bits per heavy atom. The number of thioether (sulfide) groups is 1. The molecule has 4 aromatic rings. The Balaban J connectivity index is 1.13. The Bertz CT molecular complexity index is 2220. The number of carbonyl (C=O) groups is 5. The number of β-lactam (4-membered cyclic amide) rings is 1. The van der Waals surface area contributed by atoms with E-state index in [2.05, 4.69) is 20.8 Å². The van der Waals surface area contributed by atoms with Crippen LogP contribution in [0.1, 0.15) is 55.0 Å². The maximum absolute atomic E-state index is 14.4. The van der Waals surface area contributed by atoms with Gasteiger partial charge >= 0.3 is 12.1 Å². The van der Waals surface area contributed by atoms with Gasteiger partial charge in [-0.05, 0) is 63.0 Å². The molecule has 2 fully saturated rings. The molecule has 2 aromatic heterocycles. The van der Waals surface area contributed by atoms with Gasteiger partial charge in [-0.3, -0.25) is 24.6 Å². The number of aryl methyl sites for hydroxylation is 1. The van der Waals surface area contributed by atoms with Gasteiger partial charge in [0, 0.05) is 29.5 Å². The van der Waals surface area contributed by atoms with Gasteiger partial charge in [-0.25, -0.2) is 9.59 Å². The third-order valence-electron chi connectivity index (χ3n) is 9.25. The number of carbonyl (C=O) groups excluding carboxylic acids is 5. The van der Waals surface area contributed by atoms with Crippen LogP contribution in [0.3, 0.4) is 0 Å². The summed E-state index contributed by atoms with van der Waals surface area (Å²) in [6.07, 6.45) is 4.21. The van der Waals surface area contributed by atoms with Gasteiger partial charge in [-0.2, -0.15) is 4.57 Å². The second-order valence-corrected chi connectivity index (χ2v) is 17.0. The zero-order valence-corrected chi connectivity index (χ0v) is 33.5. The lowest BCUT2D eigenvalue weighted by Crippen LogP contribution is -2.70. The monoisotopic (exact) mass is 808 g/mol. The predicted octanol–water partition coefficient (Wildman–Crippen LogP) is 4.83. The number of rotatable bonds is 11. The number of anilines is 1. The van der Waals surface area contributed by atoms with E-state index < -0.39 is 41.1 Å². The molecule has 5 heterocycles. The van der Waals surface area contributed by atoms with Crippen molar-refractivity contribution in [2.24, 2.45) is 0 Å². The van der Waals surface area contributed by atoms with Crippen molar-refractivity contribution >= 4 is 58.0 Å². The number of hydrogen-bond donors (Lipinski definition) is 2. The first-order valence-corrected chi connectivity index (χ1v) is 20.3. The Morgan fingerprint density at radius 3 is 2.35 bits per heavy atom. The van der Waals surface area contributed by atoms with Crippen LogP contribution in [0.15, 0.2) is 108 Å². The van der Waals surface area contributed by atoms with E-state index in [1.54, 1.807) is 42.5 Å². The highest BCUT2D eigenvalue weighted by Crippen LogP contribution is 2.43. The first kappa shape index (κ1) is 39.4. The van der Waals surface area contributed by atoms with Gasteiger partial charge in [-0.15, -0.1) is 22.0 Å². The quantitative estimate of drug-likeness (QED) is 0.0929. The number of allylic oxidation sites excluding steroid dienone is 1. The van der Waals surface area contributed by atoms with Crippen LogP contribution in [0.5, 0.6) is 0 Å². The molecule has 294 valence electrons. The molecule has 2 saturated heterocycles. The molecule has 14 nitrogen and oxygen atoms in total. The van der Waals surface area contributed by atoms with Crippen LogP contribution in [0, 0.1) is 6.92 Å². The molecule has 0 bridgehead atoms. The summed E-state index contributed by atoms with van der Waals surface area (Å²) in [6, 6.07) is 21.5. The number of ether oxygens (including phenoxy) is 2. The topological polar surface area (TPSA) is 164 Å². The second-order valence-electron chi connectivity index (χ2n) is 14.7. The first-order chi connectivity index (χ1) is 27.3.